The molecule has 0 amide bonds. The van der Waals surface area contributed by atoms with Crippen LogP contribution < -0.4 is 14.8 Å². The second-order valence-electron chi connectivity index (χ2n) is 4.69. The summed E-state index contributed by atoms with van der Waals surface area (Å²) in [4.78, 5) is 0. The van der Waals surface area contributed by atoms with E-state index < -0.39 is 0 Å². The Morgan fingerprint density at radius 3 is 2.41 bits per heavy atom. The monoisotopic (exact) mass is 237 g/mol. The Morgan fingerprint density at radius 1 is 1.18 bits per heavy atom. The minimum absolute atomic E-state index is 0.246. The van der Waals surface area contributed by atoms with E-state index in [0.29, 0.717) is 0 Å². The quantitative estimate of drug-likeness (QED) is 0.740. The van der Waals surface area contributed by atoms with Gasteiger partial charge in [-0.2, -0.15) is 0 Å². The van der Waals surface area contributed by atoms with Gasteiger partial charge in [-0.3, -0.25) is 0 Å². The van der Waals surface area contributed by atoms with Crippen LogP contribution in [0.15, 0.2) is 24.3 Å². The minimum Gasteiger partial charge on any atom is -0.493 e. The van der Waals surface area contributed by atoms with Crippen LogP contribution in [-0.2, 0) is 0 Å². The van der Waals surface area contributed by atoms with Gasteiger partial charge in [-0.1, -0.05) is 19.1 Å². The summed E-state index contributed by atoms with van der Waals surface area (Å²) < 4.78 is 11.3. The zero-order chi connectivity index (χ0) is 12.7. The van der Waals surface area contributed by atoms with E-state index in [0.717, 1.165) is 31.0 Å². The van der Waals surface area contributed by atoms with Crippen molar-refractivity contribution in [2.24, 2.45) is 0 Å². The van der Waals surface area contributed by atoms with Crippen LogP contribution in [0.5, 0.6) is 11.5 Å². The lowest BCUT2D eigenvalue weighted by Crippen LogP contribution is -2.40. The molecular formula is C14H23NO2. The largest absolute Gasteiger partial charge is 0.493 e. The molecule has 96 valence electrons. The maximum absolute atomic E-state index is 5.98. The van der Waals surface area contributed by atoms with Crippen molar-refractivity contribution < 1.29 is 9.47 Å². The topological polar surface area (TPSA) is 30.5 Å². The second-order valence-corrected chi connectivity index (χ2v) is 4.69. The van der Waals surface area contributed by atoms with Crippen LogP contribution in [0.25, 0.3) is 0 Å². The SMILES string of the molecule is CCCNCC(C)(C)Oc1ccccc1OC. The summed E-state index contributed by atoms with van der Waals surface area (Å²) in [6.07, 6.45) is 1.13. The summed E-state index contributed by atoms with van der Waals surface area (Å²) in [5, 5.41) is 3.37. The third-order valence-electron chi connectivity index (χ3n) is 2.43. The second kappa shape index (κ2) is 6.50. The molecule has 3 heteroatoms. The van der Waals surface area contributed by atoms with E-state index in [4.69, 9.17) is 9.47 Å². The van der Waals surface area contributed by atoms with Crippen molar-refractivity contribution >= 4 is 0 Å². The summed E-state index contributed by atoms with van der Waals surface area (Å²) in [5.41, 5.74) is -0.246. The Kier molecular flexibility index (Phi) is 5.29. The van der Waals surface area contributed by atoms with E-state index in [1.165, 1.54) is 0 Å². The molecule has 0 bridgehead atoms. The van der Waals surface area contributed by atoms with Gasteiger partial charge >= 0.3 is 0 Å². The normalized spacial score (nSPS) is 11.3. The standard InChI is InChI=1S/C14H23NO2/c1-5-10-15-11-14(2,3)17-13-9-7-6-8-12(13)16-4/h6-9,15H,5,10-11H2,1-4H3. The fourth-order valence-electron chi connectivity index (χ4n) is 1.60. The molecule has 0 aromatic heterocycles. The molecule has 0 unspecified atom stereocenters. The third kappa shape index (κ3) is 4.65. The Morgan fingerprint density at radius 2 is 1.82 bits per heavy atom. The molecule has 1 N–H and O–H groups in total. The van der Waals surface area contributed by atoms with E-state index in [2.05, 4.69) is 26.1 Å². The lowest BCUT2D eigenvalue weighted by Gasteiger charge is -2.27. The number of methoxy groups -OCH3 is 1. The lowest BCUT2D eigenvalue weighted by atomic mass is 10.1. The molecule has 0 aliphatic heterocycles. The van der Waals surface area contributed by atoms with Gasteiger partial charge in [-0.05, 0) is 38.9 Å². The van der Waals surface area contributed by atoms with Crippen LogP contribution >= 0.6 is 0 Å². The molecule has 0 saturated carbocycles. The highest BCUT2D eigenvalue weighted by Gasteiger charge is 2.20. The molecule has 0 fully saturated rings. The molecule has 1 rings (SSSR count). The van der Waals surface area contributed by atoms with E-state index in [-0.39, 0.29) is 5.60 Å². The van der Waals surface area contributed by atoms with E-state index in [9.17, 15) is 0 Å². The van der Waals surface area contributed by atoms with Crippen LogP contribution in [0.3, 0.4) is 0 Å². The summed E-state index contributed by atoms with van der Waals surface area (Å²) in [6.45, 7) is 8.13. The van der Waals surface area contributed by atoms with E-state index >= 15 is 0 Å². The van der Waals surface area contributed by atoms with Crippen molar-refractivity contribution in [3.8, 4) is 11.5 Å². The summed E-state index contributed by atoms with van der Waals surface area (Å²) in [5.74, 6) is 1.56. The number of hydrogen-bond donors (Lipinski definition) is 1. The van der Waals surface area contributed by atoms with Gasteiger partial charge in [-0.25, -0.2) is 0 Å². The van der Waals surface area contributed by atoms with Gasteiger partial charge in [0, 0.05) is 6.54 Å². The van der Waals surface area contributed by atoms with Crippen molar-refractivity contribution in [3.63, 3.8) is 0 Å². The number of para-hydroxylation sites is 2. The van der Waals surface area contributed by atoms with Gasteiger partial charge in [0.25, 0.3) is 0 Å². The van der Waals surface area contributed by atoms with Crippen LogP contribution in [-0.4, -0.2) is 25.8 Å². The molecule has 0 spiro atoms. The highest BCUT2D eigenvalue weighted by atomic mass is 16.5. The summed E-state index contributed by atoms with van der Waals surface area (Å²) >= 11 is 0. The van der Waals surface area contributed by atoms with E-state index in [1.54, 1.807) is 7.11 Å². The average Bonchev–Trinajstić information content (AvgIpc) is 2.29. The number of rotatable bonds is 7. The smallest absolute Gasteiger partial charge is 0.162 e. The van der Waals surface area contributed by atoms with Crippen molar-refractivity contribution in [1.82, 2.24) is 5.32 Å². The Balaban J connectivity index is 2.62. The van der Waals surface area contributed by atoms with Gasteiger partial charge < -0.3 is 14.8 Å². The average molecular weight is 237 g/mol. The van der Waals surface area contributed by atoms with Crippen molar-refractivity contribution in [2.75, 3.05) is 20.2 Å². The highest BCUT2D eigenvalue weighted by Crippen LogP contribution is 2.29. The molecule has 0 atom stereocenters. The van der Waals surface area contributed by atoms with Gasteiger partial charge in [0.05, 0.1) is 7.11 Å². The zero-order valence-electron chi connectivity index (χ0n) is 11.2. The van der Waals surface area contributed by atoms with Crippen LogP contribution in [0.1, 0.15) is 27.2 Å². The van der Waals surface area contributed by atoms with Gasteiger partial charge in [0.2, 0.25) is 0 Å². The van der Waals surface area contributed by atoms with Crippen LogP contribution in [0, 0.1) is 0 Å². The lowest BCUT2D eigenvalue weighted by molar-refractivity contribution is 0.104. The van der Waals surface area contributed by atoms with Crippen molar-refractivity contribution in [2.45, 2.75) is 32.8 Å². The molecular weight excluding hydrogens is 214 g/mol. The first kappa shape index (κ1) is 13.8. The fourth-order valence-corrected chi connectivity index (χ4v) is 1.60. The van der Waals surface area contributed by atoms with E-state index in [1.807, 2.05) is 24.3 Å². The Bertz CT molecular complexity index is 337. The van der Waals surface area contributed by atoms with Crippen molar-refractivity contribution in [1.29, 1.82) is 0 Å². The first-order valence-electron chi connectivity index (χ1n) is 6.12. The first-order valence-corrected chi connectivity index (χ1v) is 6.12. The molecule has 0 aliphatic rings. The molecule has 0 radical (unpaired) electrons. The van der Waals surface area contributed by atoms with Gasteiger partial charge in [-0.15, -0.1) is 0 Å². The number of nitrogens with one attached hydrogen (secondary N) is 1. The van der Waals surface area contributed by atoms with Crippen molar-refractivity contribution in [3.05, 3.63) is 24.3 Å². The molecule has 0 aliphatic carbocycles. The molecule has 17 heavy (non-hydrogen) atoms. The van der Waals surface area contributed by atoms with Crippen LogP contribution in [0.4, 0.5) is 0 Å². The minimum atomic E-state index is -0.246. The maximum atomic E-state index is 5.98. The predicted octanol–water partition coefficient (Wildman–Crippen LogP) is 2.85. The Labute approximate surface area is 104 Å². The number of hydrogen-bond acceptors (Lipinski definition) is 3. The van der Waals surface area contributed by atoms with Crippen LogP contribution in [0.2, 0.25) is 0 Å². The summed E-state index contributed by atoms with van der Waals surface area (Å²) in [6, 6.07) is 7.73. The number of benzene rings is 1. The molecule has 1 aromatic carbocycles. The zero-order valence-corrected chi connectivity index (χ0v) is 11.2. The van der Waals surface area contributed by atoms with Gasteiger partial charge in [0.15, 0.2) is 11.5 Å². The predicted molar refractivity (Wildman–Crippen MR) is 70.9 cm³/mol. The Hall–Kier alpha value is -1.22. The first-order chi connectivity index (χ1) is 8.09. The molecule has 3 nitrogen and oxygen atoms in total. The third-order valence-corrected chi connectivity index (χ3v) is 2.43. The highest BCUT2D eigenvalue weighted by molar-refractivity contribution is 5.39. The number of ether oxygens (including phenoxy) is 2. The fraction of sp³-hybridized carbons (Fsp3) is 0.571. The molecule has 0 saturated heterocycles. The molecule has 1 aromatic rings. The van der Waals surface area contributed by atoms with Gasteiger partial charge in [0.1, 0.15) is 5.60 Å². The maximum Gasteiger partial charge on any atom is 0.162 e. The molecule has 0 heterocycles. The summed E-state index contributed by atoms with van der Waals surface area (Å²) in [7, 11) is 1.66.